The molecular weight excluding hydrogens is 562 g/mol. The smallest absolute Gasteiger partial charge is 0.231 e. The van der Waals surface area contributed by atoms with Crippen LogP contribution in [0.4, 0.5) is 14.6 Å². The number of hydrogen-bond donors (Lipinski definition) is 1. The first-order valence-corrected chi connectivity index (χ1v) is 16.1. The summed E-state index contributed by atoms with van der Waals surface area (Å²) in [5.41, 5.74) is 2.50. The van der Waals surface area contributed by atoms with Crippen molar-refractivity contribution in [3.8, 4) is 16.9 Å². The minimum Gasteiger partial charge on any atom is -0.496 e. The van der Waals surface area contributed by atoms with Crippen LogP contribution in [0.5, 0.6) is 5.75 Å². The van der Waals surface area contributed by atoms with Crippen LogP contribution in [0, 0.1) is 29.9 Å². The number of ether oxygens (including phenoxy) is 1. The molecule has 1 N–H and O–H groups in total. The molecular formula is C35H44F2N4O3. The molecule has 0 atom stereocenters. The third-order valence-corrected chi connectivity index (χ3v) is 10.8. The Hall–Kier alpha value is -3.33. The van der Waals surface area contributed by atoms with Gasteiger partial charge in [-0.1, -0.05) is 12.1 Å². The number of hydrogen-bond acceptors (Lipinski definition) is 5. The van der Waals surface area contributed by atoms with Gasteiger partial charge in [-0.15, -0.1) is 0 Å². The van der Waals surface area contributed by atoms with Gasteiger partial charge in [0.05, 0.1) is 31.2 Å². The third kappa shape index (κ3) is 5.52. The molecule has 3 aromatic rings. The number of halogens is 2. The van der Waals surface area contributed by atoms with Crippen LogP contribution < -0.4 is 9.64 Å². The van der Waals surface area contributed by atoms with Crippen molar-refractivity contribution >= 4 is 11.7 Å². The van der Waals surface area contributed by atoms with Gasteiger partial charge in [0.1, 0.15) is 5.75 Å². The molecule has 236 valence electrons. The Labute approximate surface area is 258 Å². The lowest BCUT2D eigenvalue weighted by atomic mass is 9.51. The zero-order chi connectivity index (χ0) is 31.2. The maximum absolute atomic E-state index is 16.5. The number of rotatable bonds is 8. The fourth-order valence-electron chi connectivity index (χ4n) is 7.94. The van der Waals surface area contributed by atoms with Gasteiger partial charge < -0.3 is 9.84 Å². The van der Waals surface area contributed by atoms with Crippen molar-refractivity contribution in [2.75, 3.05) is 18.6 Å². The highest BCUT2D eigenvalue weighted by Crippen LogP contribution is 2.58. The van der Waals surface area contributed by atoms with E-state index in [-0.39, 0.29) is 40.1 Å². The normalized spacial score (nSPS) is 26.6. The molecule has 4 fully saturated rings. The molecule has 0 saturated heterocycles. The lowest BCUT2D eigenvalue weighted by molar-refractivity contribution is -0.124. The van der Waals surface area contributed by atoms with Gasteiger partial charge in [-0.3, -0.25) is 14.4 Å². The highest BCUT2D eigenvalue weighted by Gasteiger charge is 2.51. The van der Waals surface area contributed by atoms with Gasteiger partial charge >= 0.3 is 0 Å². The lowest BCUT2D eigenvalue weighted by Gasteiger charge is -2.55. The van der Waals surface area contributed by atoms with E-state index < -0.39 is 17.7 Å². The predicted molar refractivity (Wildman–Crippen MR) is 166 cm³/mol. The van der Waals surface area contributed by atoms with E-state index in [2.05, 4.69) is 35.2 Å². The zero-order valence-corrected chi connectivity index (χ0v) is 26.3. The number of aliphatic hydroxyl groups excluding tert-OH is 1. The molecule has 0 aliphatic heterocycles. The summed E-state index contributed by atoms with van der Waals surface area (Å²) in [5, 5.41) is 14.4. The van der Waals surface area contributed by atoms with Crippen LogP contribution in [0.2, 0.25) is 0 Å². The topological polar surface area (TPSA) is 80.5 Å². The molecule has 9 heteroatoms. The van der Waals surface area contributed by atoms with Gasteiger partial charge in [0.15, 0.2) is 17.5 Å². The van der Waals surface area contributed by atoms with E-state index in [1.165, 1.54) is 16.7 Å². The van der Waals surface area contributed by atoms with Crippen LogP contribution in [0.3, 0.4) is 0 Å². The van der Waals surface area contributed by atoms with Crippen LogP contribution in [0.1, 0.15) is 95.2 Å². The fourth-order valence-corrected chi connectivity index (χ4v) is 7.94. The fraction of sp³-hybridized carbons (Fsp3) is 0.571. The van der Waals surface area contributed by atoms with Crippen molar-refractivity contribution in [2.24, 2.45) is 11.3 Å². The maximum atomic E-state index is 16.5. The Morgan fingerprint density at radius 2 is 1.77 bits per heavy atom. The van der Waals surface area contributed by atoms with E-state index in [4.69, 9.17) is 4.74 Å². The van der Waals surface area contributed by atoms with Crippen molar-refractivity contribution in [1.29, 1.82) is 0 Å². The van der Waals surface area contributed by atoms with Crippen LogP contribution >= 0.6 is 0 Å². The first-order chi connectivity index (χ1) is 21.0. The number of methoxy groups -OCH3 is 1. The van der Waals surface area contributed by atoms with E-state index in [1.807, 2.05) is 13.8 Å². The summed E-state index contributed by atoms with van der Waals surface area (Å²) >= 11 is 0. The highest BCUT2D eigenvalue weighted by atomic mass is 19.1. The van der Waals surface area contributed by atoms with E-state index in [0.29, 0.717) is 37.8 Å². The molecule has 2 bridgehead atoms. The molecule has 0 radical (unpaired) electrons. The summed E-state index contributed by atoms with van der Waals surface area (Å²) in [7, 11) is 1.69. The summed E-state index contributed by atoms with van der Waals surface area (Å²) in [6.07, 6.45) is 11.6. The molecule has 2 heterocycles. The average Bonchev–Trinajstić information content (AvgIpc) is 3.51. The lowest BCUT2D eigenvalue weighted by Crippen LogP contribution is -2.52. The van der Waals surface area contributed by atoms with Gasteiger partial charge in [-0.25, -0.2) is 13.8 Å². The average molecular weight is 607 g/mol. The number of aliphatic hydroxyl groups is 1. The van der Waals surface area contributed by atoms with Crippen molar-refractivity contribution < 1.29 is 23.4 Å². The Morgan fingerprint density at radius 1 is 1.09 bits per heavy atom. The highest BCUT2D eigenvalue weighted by molar-refractivity contribution is 5.95. The van der Waals surface area contributed by atoms with Crippen molar-refractivity contribution in [3.63, 3.8) is 0 Å². The molecule has 4 aliphatic rings. The number of nitrogens with zero attached hydrogens (tertiary/aromatic N) is 4. The predicted octanol–water partition coefficient (Wildman–Crippen LogP) is 7.30. The summed E-state index contributed by atoms with van der Waals surface area (Å²) in [4.78, 5) is 20.0. The number of benzene rings is 1. The van der Waals surface area contributed by atoms with Gasteiger partial charge in [-0.05, 0) is 113 Å². The number of aryl methyl sites for hydroxylation is 1. The molecule has 7 rings (SSSR count). The SMILES string of the molecule is COc1ccc(C23CCC(CN(C(=O)C4CCC(O)CC4)c4ncc(F)c(-c5cnn(C(C)C)c5)c4F)(CC2)CC3)cc1C. The van der Waals surface area contributed by atoms with Crippen LogP contribution in [-0.4, -0.2) is 45.5 Å². The van der Waals surface area contributed by atoms with E-state index in [9.17, 15) is 9.90 Å². The van der Waals surface area contributed by atoms with Crippen molar-refractivity contribution in [3.05, 3.63) is 59.6 Å². The largest absolute Gasteiger partial charge is 0.496 e. The quantitative estimate of drug-likeness (QED) is 0.291. The van der Waals surface area contributed by atoms with Gasteiger partial charge in [-0.2, -0.15) is 5.10 Å². The number of anilines is 1. The Kier molecular flexibility index (Phi) is 8.28. The van der Waals surface area contributed by atoms with Crippen molar-refractivity contribution in [1.82, 2.24) is 14.8 Å². The summed E-state index contributed by atoms with van der Waals surface area (Å²) in [5.74, 6) is -1.35. The summed E-state index contributed by atoms with van der Waals surface area (Å²) in [6.45, 7) is 6.32. The minimum absolute atomic E-state index is 0.0292. The Morgan fingerprint density at radius 3 is 2.36 bits per heavy atom. The number of aromatic nitrogens is 3. The number of pyridine rings is 1. The van der Waals surface area contributed by atoms with Crippen LogP contribution in [0.25, 0.3) is 11.1 Å². The molecule has 2 aromatic heterocycles. The second-order valence-electron chi connectivity index (χ2n) is 13.8. The summed E-state index contributed by atoms with van der Waals surface area (Å²) in [6, 6.07) is 6.54. The van der Waals surface area contributed by atoms with Gasteiger partial charge in [0.2, 0.25) is 5.91 Å². The molecule has 0 unspecified atom stereocenters. The molecule has 7 nitrogen and oxygen atoms in total. The molecule has 1 aromatic carbocycles. The van der Waals surface area contributed by atoms with E-state index in [1.54, 1.807) is 18.0 Å². The zero-order valence-electron chi connectivity index (χ0n) is 26.3. The minimum atomic E-state index is -0.830. The van der Waals surface area contributed by atoms with Crippen LogP contribution in [-0.2, 0) is 10.2 Å². The van der Waals surface area contributed by atoms with E-state index in [0.717, 1.165) is 56.0 Å². The maximum Gasteiger partial charge on any atom is 0.231 e. The van der Waals surface area contributed by atoms with Gasteiger partial charge in [0.25, 0.3) is 0 Å². The van der Waals surface area contributed by atoms with E-state index >= 15 is 8.78 Å². The van der Waals surface area contributed by atoms with Gasteiger partial charge in [0, 0.05) is 30.3 Å². The number of carbonyl (C=O) groups excluding carboxylic acids is 1. The third-order valence-electron chi connectivity index (χ3n) is 10.8. The Bertz CT molecular complexity index is 1500. The van der Waals surface area contributed by atoms with Crippen molar-refractivity contribution in [2.45, 2.75) is 103 Å². The first kappa shape index (κ1) is 30.7. The molecule has 0 spiro atoms. The molecule has 1 amide bonds. The molecule has 44 heavy (non-hydrogen) atoms. The number of fused-ring (bicyclic) bond motifs is 3. The first-order valence-electron chi connectivity index (χ1n) is 16.1. The summed E-state index contributed by atoms with van der Waals surface area (Å²) < 4.78 is 38.8. The standard InChI is InChI=1S/C35H44F2N4O3/c1-22(2)41-20-25(18-39-41)30-28(36)19-38-32(31(30)37)40(33(43)24-5-8-27(42)9-6-24)21-34-11-14-35(15-12-34,16-13-34)26-7-10-29(44-4)23(3)17-26/h7,10,17-20,22,24,27,42H,5-6,8-9,11-16,21H2,1-4H3. The Balaban J connectivity index is 1.32. The second-order valence-corrected chi connectivity index (χ2v) is 13.8. The number of amides is 1. The van der Waals surface area contributed by atoms with Crippen LogP contribution in [0.15, 0.2) is 36.8 Å². The second kappa shape index (κ2) is 11.9. The monoisotopic (exact) mass is 606 g/mol. The number of carbonyl (C=O) groups is 1. The molecule has 4 saturated carbocycles. The molecule has 4 aliphatic carbocycles.